The number of rotatable bonds is 5. The van der Waals surface area contributed by atoms with Gasteiger partial charge in [-0.25, -0.2) is 4.79 Å². The Kier molecular flexibility index (Phi) is 6.02. The molecule has 150 valence electrons. The maximum absolute atomic E-state index is 12.8. The highest BCUT2D eigenvalue weighted by molar-refractivity contribution is 5.97. The number of fused-ring (bicyclic) bond motifs is 1. The summed E-state index contributed by atoms with van der Waals surface area (Å²) in [5.74, 6) is -0.751. The summed E-state index contributed by atoms with van der Waals surface area (Å²) in [5, 5.41) is 5.00. The zero-order valence-electron chi connectivity index (χ0n) is 17.4. The van der Waals surface area contributed by atoms with E-state index in [1.54, 1.807) is 12.1 Å². The van der Waals surface area contributed by atoms with E-state index in [1.165, 1.54) is 7.11 Å². The van der Waals surface area contributed by atoms with Gasteiger partial charge >= 0.3 is 5.97 Å². The van der Waals surface area contributed by atoms with Crippen molar-refractivity contribution in [1.29, 1.82) is 0 Å². The lowest BCUT2D eigenvalue weighted by atomic mass is 9.86. The van der Waals surface area contributed by atoms with E-state index in [1.807, 2.05) is 54.6 Å². The number of esters is 1. The van der Waals surface area contributed by atoms with Crippen molar-refractivity contribution in [3.8, 4) is 0 Å². The predicted octanol–water partition coefficient (Wildman–Crippen LogP) is 4.65. The Bertz CT molecular complexity index is 1010. The second kappa shape index (κ2) is 8.48. The van der Waals surface area contributed by atoms with Gasteiger partial charge in [-0.1, -0.05) is 75.4 Å². The normalized spacial score (nSPS) is 12.4. The largest absolute Gasteiger partial charge is 0.467 e. The van der Waals surface area contributed by atoms with E-state index in [0.29, 0.717) is 12.0 Å². The van der Waals surface area contributed by atoms with Crippen LogP contribution in [0.15, 0.2) is 66.7 Å². The highest BCUT2D eigenvalue weighted by atomic mass is 16.5. The number of hydrogen-bond acceptors (Lipinski definition) is 3. The van der Waals surface area contributed by atoms with E-state index in [9.17, 15) is 9.59 Å². The lowest BCUT2D eigenvalue weighted by molar-refractivity contribution is -0.142. The van der Waals surface area contributed by atoms with Gasteiger partial charge in [-0.3, -0.25) is 4.79 Å². The second-order valence-electron chi connectivity index (χ2n) is 8.22. The van der Waals surface area contributed by atoms with Gasteiger partial charge in [0.2, 0.25) is 0 Å². The lowest BCUT2D eigenvalue weighted by Crippen LogP contribution is -2.43. The molecular formula is C25H27NO3. The zero-order chi connectivity index (χ0) is 21.0. The average Bonchev–Trinajstić information content (AvgIpc) is 2.72. The van der Waals surface area contributed by atoms with Gasteiger partial charge in [0.1, 0.15) is 6.04 Å². The molecule has 0 aliphatic rings. The number of benzene rings is 3. The lowest BCUT2D eigenvalue weighted by Gasteiger charge is -2.20. The average molecular weight is 389 g/mol. The smallest absolute Gasteiger partial charge is 0.328 e. The van der Waals surface area contributed by atoms with Gasteiger partial charge in [-0.05, 0) is 39.4 Å². The molecule has 0 aromatic heterocycles. The molecule has 0 unspecified atom stereocenters. The maximum Gasteiger partial charge on any atom is 0.328 e. The molecule has 3 aromatic rings. The molecule has 0 spiro atoms. The van der Waals surface area contributed by atoms with Crippen molar-refractivity contribution in [3.63, 3.8) is 0 Å². The van der Waals surface area contributed by atoms with E-state index in [2.05, 4.69) is 26.1 Å². The van der Waals surface area contributed by atoms with Crippen molar-refractivity contribution in [1.82, 2.24) is 5.32 Å². The molecule has 1 N–H and O–H groups in total. The van der Waals surface area contributed by atoms with Gasteiger partial charge in [-0.15, -0.1) is 0 Å². The molecule has 0 fully saturated rings. The molecule has 4 nitrogen and oxygen atoms in total. The highest BCUT2D eigenvalue weighted by Crippen LogP contribution is 2.23. The van der Waals surface area contributed by atoms with Crippen molar-refractivity contribution < 1.29 is 14.3 Å². The van der Waals surface area contributed by atoms with Crippen LogP contribution in [-0.2, 0) is 21.4 Å². The van der Waals surface area contributed by atoms with Crippen LogP contribution < -0.4 is 5.32 Å². The van der Waals surface area contributed by atoms with Gasteiger partial charge in [-0.2, -0.15) is 0 Å². The molecule has 0 bridgehead atoms. The molecule has 0 radical (unpaired) electrons. The number of carbonyl (C=O) groups excluding carboxylic acids is 2. The van der Waals surface area contributed by atoms with Crippen LogP contribution in [0.3, 0.4) is 0 Å². The Hall–Kier alpha value is -3.14. The Morgan fingerprint density at radius 1 is 0.931 bits per heavy atom. The third kappa shape index (κ3) is 4.83. The van der Waals surface area contributed by atoms with E-state index >= 15 is 0 Å². The van der Waals surface area contributed by atoms with E-state index in [-0.39, 0.29) is 11.3 Å². The van der Waals surface area contributed by atoms with E-state index in [4.69, 9.17) is 4.74 Å². The monoisotopic (exact) mass is 389 g/mol. The number of methoxy groups -OCH3 is 1. The summed E-state index contributed by atoms with van der Waals surface area (Å²) in [6.45, 7) is 6.37. The Morgan fingerprint density at radius 2 is 1.59 bits per heavy atom. The van der Waals surface area contributed by atoms with Gasteiger partial charge in [0, 0.05) is 12.0 Å². The molecule has 0 saturated heterocycles. The van der Waals surface area contributed by atoms with Crippen molar-refractivity contribution >= 4 is 22.6 Å². The minimum Gasteiger partial charge on any atom is -0.467 e. The molecular weight excluding hydrogens is 362 g/mol. The number of hydrogen-bond donors (Lipinski definition) is 1. The van der Waals surface area contributed by atoms with Crippen molar-refractivity contribution in [2.45, 2.75) is 38.6 Å². The molecule has 3 aromatic carbocycles. The Morgan fingerprint density at radius 3 is 2.24 bits per heavy atom. The summed E-state index contributed by atoms with van der Waals surface area (Å²) >= 11 is 0. The summed E-state index contributed by atoms with van der Waals surface area (Å²) in [4.78, 5) is 25.1. The highest BCUT2D eigenvalue weighted by Gasteiger charge is 2.24. The first-order valence-corrected chi connectivity index (χ1v) is 9.75. The third-order valence-electron chi connectivity index (χ3n) is 5.11. The second-order valence-corrected chi connectivity index (χ2v) is 8.22. The van der Waals surface area contributed by atoms with Crippen LogP contribution in [0.5, 0.6) is 0 Å². The maximum atomic E-state index is 12.8. The van der Waals surface area contributed by atoms with Crippen molar-refractivity contribution in [2.24, 2.45) is 0 Å². The Labute approximate surface area is 171 Å². The first-order valence-electron chi connectivity index (χ1n) is 9.75. The summed E-state index contributed by atoms with van der Waals surface area (Å²) in [5.41, 5.74) is 2.67. The predicted molar refractivity (Wildman–Crippen MR) is 116 cm³/mol. The van der Waals surface area contributed by atoms with Crippen LogP contribution in [0.1, 0.15) is 42.3 Å². The van der Waals surface area contributed by atoms with Crippen LogP contribution >= 0.6 is 0 Å². The van der Waals surface area contributed by atoms with E-state index in [0.717, 1.165) is 21.9 Å². The van der Waals surface area contributed by atoms with Crippen molar-refractivity contribution in [3.05, 3.63) is 83.4 Å². The quantitative estimate of drug-likeness (QED) is 0.646. The number of carbonyl (C=O) groups is 2. The first kappa shape index (κ1) is 20.6. The SMILES string of the molecule is COC(=O)[C@@H](Cc1cccc2ccccc12)NC(=O)c1ccc(C(C)(C)C)cc1. The summed E-state index contributed by atoms with van der Waals surface area (Å²) in [6, 6.07) is 20.7. The molecule has 0 saturated carbocycles. The molecule has 3 rings (SSSR count). The molecule has 0 aliphatic carbocycles. The van der Waals surface area contributed by atoms with Crippen LogP contribution in [0.25, 0.3) is 10.8 Å². The minimum absolute atomic E-state index is 0.0118. The zero-order valence-corrected chi connectivity index (χ0v) is 17.4. The fourth-order valence-corrected chi connectivity index (χ4v) is 3.39. The summed E-state index contributed by atoms with van der Waals surface area (Å²) in [6.07, 6.45) is 0.361. The van der Waals surface area contributed by atoms with Crippen LogP contribution in [0.4, 0.5) is 0 Å². The molecule has 0 heterocycles. The summed E-state index contributed by atoms with van der Waals surface area (Å²) in [7, 11) is 1.34. The van der Waals surface area contributed by atoms with Crippen molar-refractivity contribution in [2.75, 3.05) is 7.11 Å². The number of amides is 1. The van der Waals surface area contributed by atoms with Gasteiger partial charge < -0.3 is 10.1 Å². The summed E-state index contributed by atoms with van der Waals surface area (Å²) < 4.78 is 4.94. The molecule has 1 atom stereocenters. The van der Waals surface area contributed by atoms with Gasteiger partial charge in [0.25, 0.3) is 5.91 Å². The molecule has 0 aliphatic heterocycles. The first-order chi connectivity index (χ1) is 13.8. The fraction of sp³-hybridized carbons (Fsp3) is 0.280. The molecule has 1 amide bonds. The van der Waals surface area contributed by atoms with Gasteiger partial charge in [0.15, 0.2) is 0 Å². The number of nitrogens with one attached hydrogen (secondary N) is 1. The van der Waals surface area contributed by atoms with Crippen LogP contribution in [0.2, 0.25) is 0 Å². The van der Waals surface area contributed by atoms with Gasteiger partial charge in [0.05, 0.1) is 7.11 Å². The third-order valence-corrected chi connectivity index (χ3v) is 5.11. The Balaban J connectivity index is 1.82. The topological polar surface area (TPSA) is 55.4 Å². The fourth-order valence-electron chi connectivity index (χ4n) is 3.39. The standard InChI is InChI=1S/C25H27NO3/c1-25(2,3)20-14-12-18(13-15-20)23(27)26-22(24(28)29-4)16-19-10-7-9-17-8-5-6-11-21(17)19/h5-15,22H,16H2,1-4H3,(H,26,27)/t22-/m1/s1. The molecule has 29 heavy (non-hydrogen) atoms. The molecule has 4 heteroatoms. The number of ether oxygens (including phenoxy) is 1. The van der Waals surface area contributed by atoms with E-state index < -0.39 is 12.0 Å². The van der Waals surface area contributed by atoms with Crippen LogP contribution in [0, 0.1) is 0 Å². The van der Waals surface area contributed by atoms with Crippen LogP contribution in [-0.4, -0.2) is 25.0 Å². The minimum atomic E-state index is -0.763.